The normalized spacial score (nSPS) is 0. The molecule has 45 heavy (non-hydrogen) atoms. The molecule has 0 saturated heterocycles. The first kappa shape index (κ1) is 351. The maximum Gasteiger partial charge on any atom is 0 e. The average molecular weight is 3710 g/mol. The summed E-state index contributed by atoms with van der Waals surface area (Å²) in [5.41, 5.74) is 0. The van der Waals surface area contributed by atoms with Crippen LogP contribution in [-0.4, -0.2) is 0 Å². The molecule has 41 heteroatoms. The molecule has 0 N–H and O–H groups in total. The third-order valence-corrected chi connectivity index (χ3v) is 0. The Balaban J connectivity index is 0. The largest absolute Gasteiger partial charge is 0.358 e. The monoisotopic (exact) mass is 3710 g/mol. The first-order chi connectivity index (χ1) is 0. The van der Waals surface area contributed by atoms with Gasteiger partial charge in [0.05, 0.1) is 0 Å². The van der Waals surface area contributed by atoms with Gasteiger partial charge in [0.15, 0.2) is 0 Å². The van der Waals surface area contributed by atoms with E-state index < -0.39 is 0 Å². The van der Waals surface area contributed by atoms with Gasteiger partial charge >= 0.3 is 0 Å². The molecule has 0 unspecified atom stereocenters. The summed E-state index contributed by atoms with van der Waals surface area (Å²) in [5, 5.41) is 0. The molecule has 0 fully saturated rings. The van der Waals surface area contributed by atoms with Crippen LogP contribution in [-0.2, 0) is 1340 Å². The van der Waals surface area contributed by atoms with Gasteiger partial charge in [-0.05, 0) is 0 Å². The van der Waals surface area contributed by atoms with E-state index in [1.165, 1.54) is 0 Å². The van der Waals surface area contributed by atoms with E-state index in [1.54, 1.807) is 0 Å². The van der Waals surface area contributed by atoms with Crippen molar-refractivity contribution in [2.45, 2.75) is 14.9 Å². The zero-order chi connectivity index (χ0) is 0. The summed E-state index contributed by atoms with van der Waals surface area (Å²) < 4.78 is 0. The van der Waals surface area contributed by atoms with E-state index >= 15 is 0 Å². The average Bonchev–Trinajstić information content (AvgIpc) is 0. The van der Waals surface area contributed by atoms with Crippen LogP contribution in [0.4, 0.5) is 0 Å². The van der Waals surface area contributed by atoms with Crippen LogP contribution in [0.25, 0.3) is 0 Å². The second kappa shape index (κ2) is 339. The van der Waals surface area contributed by atoms with E-state index in [4.69, 9.17) is 0 Å². The number of rotatable bonds is 0. The topological polar surface area (TPSA) is 0 Å². The summed E-state index contributed by atoms with van der Waals surface area (Å²) in [4.78, 5) is 0. The summed E-state index contributed by atoms with van der Waals surface area (Å²) in [6.45, 7) is 0. The quantitative estimate of drug-likeness (QED) is 0.327. The fourth-order valence-electron chi connectivity index (χ4n) is 0. The molecular formula is C4H14Y41-2. The van der Waals surface area contributed by atoms with Gasteiger partial charge in [-0.15, -0.1) is 0 Å². The summed E-state index contributed by atoms with van der Waals surface area (Å²) in [6.07, 6.45) is 0. The van der Waals surface area contributed by atoms with Gasteiger partial charge in [0.1, 0.15) is 0 Å². The first-order valence-electron chi connectivity index (χ1n) is 0. The molecule has 155 valence electrons. The van der Waals surface area contributed by atoms with Crippen molar-refractivity contribution in [3.05, 3.63) is 14.9 Å². The van der Waals surface area contributed by atoms with E-state index in [1.807, 2.05) is 0 Å². The van der Waals surface area contributed by atoms with Gasteiger partial charge < -0.3 is 14.9 Å². The summed E-state index contributed by atoms with van der Waals surface area (Å²) in [6, 6.07) is 0. The van der Waals surface area contributed by atoms with Gasteiger partial charge in [-0.2, -0.15) is 0 Å². The van der Waals surface area contributed by atoms with Crippen LogP contribution in [0.3, 0.4) is 0 Å². The molecular weight excluding hydrogens is 3690 g/mol. The van der Waals surface area contributed by atoms with Crippen molar-refractivity contribution in [2.24, 2.45) is 0 Å². The molecule has 0 nitrogen and oxygen atoms in total. The first-order valence-corrected chi connectivity index (χ1v) is 0. The molecule has 0 rings (SSSR count). The molecule has 0 saturated carbocycles. The van der Waals surface area contributed by atoms with E-state index in [2.05, 4.69) is 0 Å². The van der Waals surface area contributed by atoms with Crippen molar-refractivity contribution < 1.29 is 1340 Å². The second-order valence-electron chi connectivity index (χ2n) is 0. The van der Waals surface area contributed by atoms with E-state index in [-0.39, 0.29) is 1370 Å². The molecule has 0 aromatic carbocycles. The van der Waals surface area contributed by atoms with Crippen LogP contribution in [0.2, 0.25) is 0 Å². The molecule has 0 amide bonds. The number of hydrogen-bond donors (Lipinski definition) is 0. The van der Waals surface area contributed by atoms with Gasteiger partial charge in [-0.1, -0.05) is 14.9 Å². The van der Waals surface area contributed by atoms with Crippen LogP contribution in [0, 0.1) is 14.9 Å². The molecule has 0 heterocycles. The van der Waals surface area contributed by atoms with E-state index in [0.717, 1.165) is 0 Å². The number of hydrogen-bond acceptors (Lipinski definition) is 0. The molecule has 0 spiro atoms. The Morgan fingerprint density at radius 3 is 0.0667 bits per heavy atom. The van der Waals surface area contributed by atoms with E-state index in [9.17, 15) is 0 Å². The Morgan fingerprint density at radius 1 is 0.0667 bits per heavy atom. The maximum atomic E-state index is 0. The van der Waals surface area contributed by atoms with Crippen LogP contribution < -0.4 is 0 Å². The maximum absolute atomic E-state index is 0. The minimum absolute atomic E-state index is 0. The Labute approximate surface area is 1320 Å². The molecule has 0 atom stereocenters. The van der Waals surface area contributed by atoms with E-state index in [0.29, 0.717) is 0 Å². The Bertz CT molecular complexity index is 19.5. The Morgan fingerprint density at radius 2 is 0.0667 bits per heavy atom. The molecule has 0 bridgehead atoms. The van der Waals surface area contributed by atoms with Gasteiger partial charge in [0, 0.05) is 1340 Å². The Kier molecular flexibility index (Phi) is 2650. The van der Waals surface area contributed by atoms with Crippen molar-refractivity contribution in [2.75, 3.05) is 0 Å². The predicted octanol–water partition coefficient (Wildman–Crippen LogP) is 2.07. The summed E-state index contributed by atoms with van der Waals surface area (Å²) in [7, 11) is 0. The second-order valence-corrected chi connectivity index (χ2v) is 0. The molecule has 0 aliphatic rings. The van der Waals surface area contributed by atoms with Crippen LogP contribution in [0.1, 0.15) is 14.9 Å². The van der Waals surface area contributed by atoms with Gasteiger partial charge in [0.2, 0.25) is 0 Å². The van der Waals surface area contributed by atoms with Gasteiger partial charge in [-0.25, -0.2) is 0 Å². The molecule has 0 aromatic heterocycles. The zero-order valence-corrected chi connectivity index (χ0v) is 142. The van der Waals surface area contributed by atoms with Crippen molar-refractivity contribution in [1.29, 1.82) is 0 Å². The van der Waals surface area contributed by atoms with Crippen molar-refractivity contribution in [1.82, 2.24) is 0 Å². The van der Waals surface area contributed by atoms with Crippen molar-refractivity contribution in [3.63, 3.8) is 0 Å². The molecule has 41 radical (unpaired) electrons. The van der Waals surface area contributed by atoms with Crippen molar-refractivity contribution >= 4 is 0 Å². The third kappa shape index (κ3) is 332. The predicted molar refractivity (Wildman–Crippen MR) is 26.3 cm³/mol. The standard InChI is InChI=1S/2CH4.2CH3.41Y/h2*1H4;2*1H3;;;;;;;;;;;;;;;;;;;;;;;;;;;;;;;;;;;;;;;;;/q;;2*-1;;;;;;;;;;;;;;;;;;;;;;;;;;;;;;;;;;;;;;;;;. The minimum Gasteiger partial charge on any atom is -0.358 e. The fraction of sp³-hybridized carbons (Fsp3) is 0.500. The zero-order valence-electron chi connectivity index (χ0n) is 25.7. The van der Waals surface area contributed by atoms with Gasteiger partial charge in [0.25, 0.3) is 0 Å². The van der Waals surface area contributed by atoms with Crippen LogP contribution in [0.15, 0.2) is 0 Å². The molecule has 0 aliphatic carbocycles. The smallest absolute Gasteiger partial charge is 0 e. The molecule has 0 aromatic rings. The Hall–Kier alpha value is 45.3. The summed E-state index contributed by atoms with van der Waals surface area (Å²) in [5.74, 6) is 0. The minimum atomic E-state index is 0. The van der Waals surface area contributed by atoms with Gasteiger partial charge in [-0.3, -0.25) is 0 Å². The third-order valence-electron chi connectivity index (χ3n) is 0. The van der Waals surface area contributed by atoms with Crippen LogP contribution >= 0.6 is 0 Å². The summed E-state index contributed by atoms with van der Waals surface area (Å²) >= 11 is 0. The molecule has 0 aliphatic heterocycles. The SMILES string of the molecule is C.C.[CH3-].[CH3-].[Y].[Y].[Y].[Y].[Y].[Y].[Y].[Y].[Y].[Y].[Y].[Y].[Y].[Y].[Y].[Y].[Y].[Y].[Y].[Y].[Y].[Y].[Y].[Y].[Y].[Y].[Y].[Y].[Y].[Y].[Y].[Y].[Y].[Y].[Y].[Y].[Y].[Y].[Y].[Y].[Y]. The van der Waals surface area contributed by atoms with Crippen LogP contribution in [0.5, 0.6) is 0 Å². The van der Waals surface area contributed by atoms with Crippen molar-refractivity contribution in [3.8, 4) is 0 Å². The fourth-order valence-corrected chi connectivity index (χ4v) is 0.